The smallest absolute Gasteiger partial charge is 0.0434 e. The number of thiophene rings is 2. The lowest BCUT2D eigenvalue weighted by atomic mass is 9.88. The van der Waals surface area contributed by atoms with Crippen molar-refractivity contribution in [2.75, 3.05) is 0 Å². The highest BCUT2D eigenvalue weighted by Crippen LogP contribution is 2.50. The van der Waals surface area contributed by atoms with Gasteiger partial charge in [-0.25, -0.2) is 0 Å². The van der Waals surface area contributed by atoms with Crippen molar-refractivity contribution in [3.05, 3.63) is 223 Å². The molecule has 2 aromatic heterocycles. The lowest BCUT2D eigenvalue weighted by Gasteiger charge is -2.16. The first kappa shape index (κ1) is 47.4. The third-order valence-corrected chi connectivity index (χ3v) is 19.0. The van der Waals surface area contributed by atoms with Gasteiger partial charge in [0, 0.05) is 51.5 Å². The topological polar surface area (TPSA) is 0 Å². The molecule has 13 rings (SSSR count). The Hall–Kier alpha value is -7.36. The molecule has 0 fully saturated rings. The van der Waals surface area contributed by atoms with Gasteiger partial charge in [-0.15, -0.1) is 22.7 Å². The lowest BCUT2D eigenvalue weighted by molar-refractivity contribution is 1.26. The molecule has 0 unspecified atom stereocenters. The zero-order chi connectivity index (χ0) is 51.9. The Balaban J connectivity index is 0.998. The Morgan fingerprint density at radius 1 is 0.253 bits per heavy atom. The summed E-state index contributed by atoms with van der Waals surface area (Å²) in [5.74, 6) is 0. The first-order valence-electron chi connectivity index (χ1n) is 26.7. The van der Waals surface area contributed by atoms with Crippen molar-refractivity contribution in [2.24, 2.45) is 0 Å². The maximum absolute atomic E-state index is 2.52. The number of aryl methyl sites for hydroxylation is 12. The first-order chi connectivity index (χ1) is 36.0. The van der Waals surface area contributed by atoms with Crippen LogP contribution in [0.25, 0.3) is 118 Å². The van der Waals surface area contributed by atoms with Crippen LogP contribution >= 0.6 is 22.7 Å². The van der Waals surface area contributed by atoms with Gasteiger partial charge in [-0.05, 0) is 273 Å². The summed E-state index contributed by atoms with van der Waals surface area (Å²) in [6.45, 7) is 27.0. The SMILES string of the molecule is Cc1cc(C)c(-c2ccc3sc4c(-c5ccc6c(c5)-c5cc(-c7cc(-c8c(C)cc(C)cc8C)cc8c7sc7ccc(-c9c(C)cc(C)cc9C)cc78)ccc5C6)cc(-c5c(C)cc(C)cc5C)cc4c3c2)c(C)c1. The monoisotopic (exact) mass is 1000 g/mol. The summed E-state index contributed by atoms with van der Waals surface area (Å²) in [4.78, 5) is 0. The quantitative estimate of drug-likeness (QED) is 0.156. The number of benzene rings is 10. The summed E-state index contributed by atoms with van der Waals surface area (Å²) in [5, 5.41) is 5.32. The number of hydrogen-bond donors (Lipinski definition) is 0. The molecule has 366 valence electrons. The van der Waals surface area contributed by atoms with Gasteiger partial charge >= 0.3 is 0 Å². The van der Waals surface area contributed by atoms with E-state index < -0.39 is 0 Å². The molecule has 75 heavy (non-hydrogen) atoms. The van der Waals surface area contributed by atoms with E-state index in [1.165, 1.54) is 196 Å². The van der Waals surface area contributed by atoms with E-state index in [2.05, 4.69) is 229 Å². The Kier molecular flexibility index (Phi) is 11.1. The average Bonchev–Trinajstić information content (AvgIpc) is 4.08. The van der Waals surface area contributed by atoms with Gasteiger partial charge in [-0.3, -0.25) is 0 Å². The van der Waals surface area contributed by atoms with Crippen molar-refractivity contribution in [2.45, 2.75) is 89.5 Å². The molecule has 12 aromatic rings. The fourth-order valence-corrected chi connectivity index (χ4v) is 16.2. The highest BCUT2D eigenvalue weighted by Gasteiger charge is 2.25. The van der Waals surface area contributed by atoms with Crippen LogP contribution in [0.5, 0.6) is 0 Å². The third-order valence-electron chi connectivity index (χ3n) is 16.5. The van der Waals surface area contributed by atoms with Crippen LogP contribution in [0.2, 0.25) is 0 Å². The van der Waals surface area contributed by atoms with Crippen LogP contribution in [0.1, 0.15) is 77.9 Å². The second-order valence-corrected chi connectivity index (χ2v) is 24.5. The summed E-state index contributed by atoms with van der Waals surface area (Å²) >= 11 is 3.88. The molecule has 0 nitrogen and oxygen atoms in total. The number of rotatable bonds is 6. The first-order valence-corrected chi connectivity index (χ1v) is 28.3. The van der Waals surface area contributed by atoms with Gasteiger partial charge in [0.1, 0.15) is 0 Å². The van der Waals surface area contributed by atoms with E-state index in [0.717, 1.165) is 6.42 Å². The highest BCUT2D eigenvalue weighted by atomic mass is 32.1. The van der Waals surface area contributed by atoms with Crippen LogP contribution in [-0.2, 0) is 6.42 Å². The summed E-state index contributed by atoms with van der Waals surface area (Å²) in [6.07, 6.45) is 0.937. The van der Waals surface area contributed by atoms with E-state index in [1.54, 1.807) is 0 Å². The molecule has 0 spiro atoms. The van der Waals surface area contributed by atoms with E-state index in [-0.39, 0.29) is 0 Å². The minimum atomic E-state index is 0.937. The van der Waals surface area contributed by atoms with Crippen molar-refractivity contribution in [1.82, 2.24) is 0 Å². The predicted octanol–water partition coefficient (Wildman–Crippen LogP) is 21.7. The maximum Gasteiger partial charge on any atom is 0.0434 e. The van der Waals surface area contributed by atoms with E-state index in [0.29, 0.717) is 0 Å². The molecule has 2 heteroatoms. The lowest BCUT2D eigenvalue weighted by Crippen LogP contribution is -1.92. The van der Waals surface area contributed by atoms with Crippen LogP contribution in [0.4, 0.5) is 0 Å². The van der Waals surface area contributed by atoms with Crippen molar-refractivity contribution in [3.8, 4) is 77.9 Å². The molecule has 0 saturated heterocycles. The normalized spacial score (nSPS) is 12.2. The van der Waals surface area contributed by atoms with Crippen LogP contribution in [0, 0.1) is 83.1 Å². The van der Waals surface area contributed by atoms with E-state index >= 15 is 0 Å². The summed E-state index contributed by atoms with van der Waals surface area (Å²) < 4.78 is 5.34. The van der Waals surface area contributed by atoms with Gasteiger partial charge in [0.05, 0.1) is 0 Å². The minimum Gasteiger partial charge on any atom is -0.135 e. The average molecular weight is 1000 g/mol. The third kappa shape index (κ3) is 7.82. The second-order valence-electron chi connectivity index (χ2n) is 22.4. The van der Waals surface area contributed by atoms with E-state index in [9.17, 15) is 0 Å². The zero-order valence-electron chi connectivity index (χ0n) is 45.4. The summed E-state index contributed by atoms with van der Waals surface area (Å²) in [7, 11) is 0. The van der Waals surface area contributed by atoms with Crippen LogP contribution < -0.4 is 0 Å². The van der Waals surface area contributed by atoms with Gasteiger partial charge in [0.25, 0.3) is 0 Å². The summed E-state index contributed by atoms with van der Waals surface area (Å²) in [5.41, 5.74) is 37.0. The highest BCUT2D eigenvalue weighted by molar-refractivity contribution is 7.26. The Morgan fingerprint density at radius 3 is 0.867 bits per heavy atom. The van der Waals surface area contributed by atoms with Gasteiger partial charge in [-0.1, -0.05) is 107 Å². The molecule has 10 aromatic carbocycles. The molecule has 0 amide bonds. The van der Waals surface area contributed by atoms with Crippen LogP contribution in [0.3, 0.4) is 0 Å². The van der Waals surface area contributed by atoms with Crippen LogP contribution in [-0.4, -0.2) is 0 Å². The van der Waals surface area contributed by atoms with Gasteiger partial charge in [0.15, 0.2) is 0 Å². The molecule has 0 N–H and O–H groups in total. The van der Waals surface area contributed by atoms with Gasteiger partial charge in [-0.2, -0.15) is 0 Å². The predicted molar refractivity (Wildman–Crippen MR) is 330 cm³/mol. The van der Waals surface area contributed by atoms with Gasteiger partial charge in [0.2, 0.25) is 0 Å². The van der Waals surface area contributed by atoms with Crippen molar-refractivity contribution in [1.29, 1.82) is 0 Å². The molecule has 0 radical (unpaired) electrons. The molecule has 1 aliphatic carbocycles. The van der Waals surface area contributed by atoms with E-state index in [4.69, 9.17) is 0 Å². The van der Waals surface area contributed by atoms with Gasteiger partial charge < -0.3 is 0 Å². The maximum atomic E-state index is 2.52. The minimum absolute atomic E-state index is 0.937. The Morgan fingerprint density at radius 2 is 0.533 bits per heavy atom. The fraction of sp³-hybridized carbons (Fsp3) is 0.178. The zero-order valence-corrected chi connectivity index (χ0v) is 47.0. The second kappa shape index (κ2) is 17.6. The molecular weight excluding hydrogens is 941 g/mol. The molecule has 0 bridgehead atoms. The molecule has 2 heterocycles. The van der Waals surface area contributed by atoms with E-state index in [1.807, 2.05) is 22.7 Å². The largest absolute Gasteiger partial charge is 0.135 e. The number of hydrogen-bond acceptors (Lipinski definition) is 2. The summed E-state index contributed by atoms with van der Waals surface area (Å²) in [6, 6.07) is 57.7. The van der Waals surface area contributed by atoms with Crippen LogP contribution in [0.15, 0.2) is 146 Å². The number of fused-ring (bicyclic) bond motifs is 9. The fourth-order valence-electron chi connectivity index (χ4n) is 13.8. The van der Waals surface area contributed by atoms with Crippen molar-refractivity contribution < 1.29 is 0 Å². The molecular formula is C73H62S2. The van der Waals surface area contributed by atoms with Crippen molar-refractivity contribution >= 4 is 63.0 Å². The molecule has 0 aliphatic heterocycles. The Labute approximate surface area is 451 Å². The molecule has 1 aliphatic rings. The van der Waals surface area contributed by atoms with Crippen molar-refractivity contribution in [3.63, 3.8) is 0 Å². The molecule has 0 atom stereocenters. The molecule has 0 saturated carbocycles. The Bertz CT molecular complexity index is 4070. The standard InChI is InChI=1S/C73H62S2/c1-38-21-42(5)68(43(6)22-38)54-17-19-66-62(32-54)64-36-56(70-46(9)25-40(3)26-47(70)10)34-60(72(64)74-66)52-15-13-50-29-51-14-16-53(31-59(51)58(50)30-52)61-35-57(71-48(11)27-41(4)28-49(71)12)37-65-63-33-55(18-20-67(63)75-73(61)65)69-44(7)23-39(2)24-45(69)8/h13-28,30-37H,29H2,1-12H3.